The predicted molar refractivity (Wildman–Crippen MR) is 81.4 cm³/mol. The lowest BCUT2D eigenvalue weighted by Gasteiger charge is -2.24. The molecule has 0 spiro atoms. The maximum absolute atomic E-state index is 5.84. The lowest BCUT2D eigenvalue weighted by Crippen LogP contribution is -2.23. The fourth-order valence-corrected chi connectivity index (χ4v) is 2.64. The van der Waals surface area contributed by atoms with Crippen LogP contribution in [0.4, 0.5) is 0 Å². The molecule has 0 N–H and O–H groups in total. The van der Waals surface area contributed by atoms with Crippen LogP contribution in [-0.4, -0.2) is 19.5 Å². The first-order chi connectivity index (χ1) is 9.90. The van der Waals surface area contributed by atoms with Gasteiger partial charge in [0, 0.05) is 13.0 Å². The minimum atomic E-state index is 0.00723. The van der Waals surface area contributed by atoms with E-state index in [0.29, 0.717) is 5.92 Å². The highest BCUT2D eigenvalue weighted by Crippen LogP contribution is 2.25. The van der Waals surface area contributed by atoms with E-state index < -0.39 is 0 Å². The van der Waals surface area contributed by atoms with E-state index in [-0.39, 0.29) is 6.29 Å². The monoisotopic (exact) mass is 272 g/mol. The minimum Gasteiger partial charge on any atom is -0.353 e. The molecule has 0 aromatic heterocycles. The summed E-state index contributed by atoms with van der Waals surface area (Å²) in [7, 11) is 0. The van der Waals surface area contributed by atoms with Crippen molar-refractivity contribution < 1.29 is 9.47 Å². The molecule has 0 bridgehead atoms. The van der Waals surface area contributed by atoms with Crippen molar-refractivity contribution in [1.82, 2.24) is 0 Å². The topological polar surface area (TPSA) is 18.5 Å². The highest BCUT2D eigenvalue weighted by molar-refractivity contribution is 5.19. The SMILES string of the molecule is C#CCCC(CCOC1CCCCO1)c1ccccc1. The van der Waals surface area contributed by atoms with E-state index in [0.717, 1.165) is 45.3 Å². The molecule has 1 aromatic carbocycles. The van der Waals surface area contributed by atoms with Crippen molar-refractivity contribution in [3.8, 4) is 12.3 Å². The van der Waals surface area contributed by atoms with Crippen LogP contribution in [0.2, 0.25) is 0 Å². The average molecular weight is 272 g/mol. The molecule has 2 heteroatoms. The zero-order valence-electron chi connectivity index (χ0n) is 12.1. The molecule has 2 rings (SSSR count). The second kappa shape index (κ2) is 8.79. The molecule has 1 fully saturated rings. The van der Waals surface area contributed by atoms with Crippen molar-refractivity contribution in [2.24, 2.45) is 0 Å². The van der Waals surface area contributed by atoms with Crippen LogP contribution < -0.4 is 0 Å². The average Bonchev–Trinajstić information content (AvgIpc) is 2.52. The second-order valence-electron chi connectivity index (χ2n) is 5.31. The third kappa shape index (κ3) is 5.00. The first kappa shape index (κ1) is 15.1. The summed E-state index contributed by atoms with van der Waals surface area (Å²) in [4.78, 5) is 0. The van der Waals surface area contributed by atoms with Crippen LogP contribution in [0.15, 0.2) is 30.3 Å². The van der Waals surface area contributed by atoms with Crippen molar-refractivity contribution in [3.63, 3.8) is 0 Å². The fraction of sp³-hybridized carbons (Fsp3) is 0.556. The summed E-state index contributed by atoms with van der Waals surface area (Å²) < 4.78 is 11.4. The van der Waals surface area contributed by atoms with Crippen molar-refractivity contribution >= 4 is 0 Å². The van der Waals surface area contributed by atoms with E-state index in [2.05, 4.69) is 30.2 Å². The van der Waals surface area contributed by atoms with E-state index in [1.807, 2.05) is 6.07 Å². The largest absolute Gasteiger partial charge is 0.353 e. The van der Waals surface area contributed by atoms with Gasteiger partial charge in [0.05, 0.1) is 6.61 Å². The first-order valence-corrected chi connectivity index (χ1v) is 7.62. The Morgan fingerprint density at radius 3 is 2.80 bits per heavy atom. The number of benzene rings is 1. The number of rotatable bonds is 7. The predicted octanol–water partition coefficient (Wildman–Crippen LogP) is 4.12. The van der Waals surface area contributed by atoms with Gasteiger partial charge in [-0.1, -0.05) is 30.3 Å². The molecule has 108 valence electrons. The van der Waals surface area contributed by atoms with Gasteiger partial charge in [-0.25, -0.2) is 0 Å². The Labute approximate surface area is 122 Å². The van der Waals surface area contributed by atoms with Gasteiger partial charge in [-0.3, -0.25) is 0 Å². The summed E-state index contributed by atoms with van der Waals surface area (Å²) in [5.41, 5.74) is 1.36. The highest BCUT2D eigenvalue weighted by atomic mass is 16.7. The molecular formula is C18H24O2. The van der Waals surface area contributed by atoms with Crippen molar-refractivity contribution in [3.05, 3.63) is 35.9 Å². The van der Waals surface area contributed by atoms with Gasteiger partial charge < -0.3 is 9.47 Å². The molecule has 0 aliphatic carbocycles. The highest BCUT2D eigenvalue weighted by Gasteiger charge is 2.16. The fourth-order valence-electron chi connectivity index (χ4n) is 2.64. The molecule has 0 saturated carbocycles. The molecule has 1 aliphatic heterocycles. The number of ether oxygens (including phenoxy) is 2. The normalized spacial score (nSPS) is 20.2. The smallest absolute Gasteiger partial charge is 0.157 e. The van der Waals surface area contributed by atoms with Gasteiger partial charge in [-0.05, 0) is 43.6 Å². The lowest BCUT2D eigenvalue weighted by atomic mass is 9.92. The van der Waals surface area contributed by atoms with Crippen LogP contribution in [0.1, 0.15) is 50.0 Å². The number of hydrogen-bond donors (Lipinski definition) is 0. The van der Waals surface area contributed by atoms with Crippen molar-refractivity contribution in [2.75, 3.05) is 13.2 Å². The lowest BCUT2D eigenvalue weighted by molar-refractivity contribution is -0.163. The summed E-state index contributed by atoms with van der Waals surface area (Å²) in [6, 6.07) is 10.6. The molecule has 0 amide bonds. The molecule has 1 heterocycles. The third-order valence-corrected chi connectivity index (χ3v) is 3.82. The Morgan fingerprint density at radius 1 is 1.25 bits per heavy atom. The van der Waals surface area contributed by atoms with Gasteiger partial charge in [-0.15, -0.1) is 12.3 Å². The second-order valence-corrected chi connectivity index (χ2v) is 5.31. The molecule has 1 saturated heterocycles. The van der Waals surface area contributed by atoms with Gasteiger partial charge >= 0.3 is 0 Å². The van der Waals surface area contributed by atoms with Gasteiger partial charge in [0.15, 0.2) is 6.29 Å². The molecule has 1 aliphatic rings. The summed E-state index contributed by atoms with van der Waals surface area (Å²) in [5.74, 6) is 3.22. The minimum absolute atomic E-state index is 0.00723. The summed E-state index contributed by atoms with van der Waals surface area (Å²) in [6.07, 6.45) is 11.7. The van der Waals surface area contributed by atoms with Crippen LogP contribution in [0.5, 0.6) is 0 Å². The van der Waals surface area contributed by atoms with Crippen LogP contribution in [0.3, 0.4) is 0 Å². The number of hydrogen-bond acceptors (Lipinski definition) is 2. The quantitative estimate of drug-likeness (QED) is 0.695. The van der Waals surface area contributed by atoms with Crippen LogP contribution in [0.25, 0.3) is 0 Å². The maximum atomic E-state index is 5.84. The van der Waals surface area contributed by atoms with Gasteiger partial charge in [0.1, 0.15) is 0 Å². The van der Waals surface area contributed by atoms with Gasteiger partial charge in [0.25, 0.3) is 0 Å². The molecule has 1 aromatic rings. The molecule has 0 radical (unpaired) electrons. The van der Waals surface area contributed by atoms with E-state index in [1.165, 1.54) is 12.0 Å². The Bertz CT molecular complexity index is 401. The van der Waals surface area contributed by atoms with Crippen molar-refractivity contribution in [1.29, 1.82) is 0 Å². The first-order valence-electron chi connectivity index (χ1n) is 7.62. The third-order valence-electron chi connectivity index (χ3n) is 3.82. The van der Waals surface area contributed by atoms with Crippen LogP contribution in [0, 0.1) is 12.3 Å². The van der Waals surface area contributed by atoms with E-state index in [9.17, 15) is 0 Å². The Kier molecular flexibility index (Phi) is 6.63. The summed E-state index contributed by atoms with van der Waals surface area (Å²) in [5, 5.41) is 0. The van der Waals surface area contributed by atoms with E-state index >= 15 is 0 Å². The van der Waals surface area contributed by atoms with Crippen LogP contribution in [-0.2, 0) is 9.47 Å². The summed E-state index contributed by atoms with van der Waals surface area (Å²) in [6.45, 7) is 1.58. The molecule has 20 heavy (non-hydrogen) atoms. The zero-order chi connectivity index (χ0) is 14.0. The zero-order valence-corrected chi connectivity index (χ0v) is 12.1. The molecule has 2 unspecified atom stereocenters. The maximum Gasteiger partial charge on any atom is 0.157 e. The van der Waals surface area contributed by atoms with Crippen molar-refractivity contribution in [2.45, 2.75) is 50.7 Å². The van der Waals surface area contributed by atoms with Crippen LogP contribution >= 0.6 is 0 Å². The Hall–Kier alpha value is -1.30. The number of terminal acetylenes is 1. The molecular weight excluding hydrogens is 248 g/mol. The molecule has 2 nitrogen and oxygen atoms in total. The van der Waals surface area contributed by atoms with E-state index in [4.69, 9.17) is 15.9 Å². The standard InChI is InChI=1S/C18H24O2/c1-2-3-9-17(16-10-5-4-6-11-16)13-15-20-18-12-7-8-14-19-18/h1,4-6,10-11,17-18H,3,7-9,12-15H2. The van der Waals surface area contributed by atoms with E-state index in [1.54, 1.807) is 0 Å². The Balaban J connectivity index is 1.80. The Morgan fingerprint density at radius 2 is 2.10 bits per heavy atom. The molecule has 2 atom stereocenters. The van der Waals surface area contributed by atoms with Gasteiger partial charge in [-0.2, -0.15) is 0 Å². The van der Waals surface area contributed by atoms with Gasteiger partial charge in [0.2, 0.25) is 0 Å². The summed E-state index contributed by atoms with van der Waals surface area (Å²) >= 11 is 0.